The number of aromatic nitrogens is 4. The van der Waals surface area contributed by atoms with E-state index < -0.39 is 0 Å². The first-order valence-electron chi connectivity index (χ1n) is 23.3. The average Bonchev–Trinajstić information content (AvgIpc) is 3.93. The Balaban J connectivity index is 0.000000184. The highest BCUT2D eigenvalue weighted by atomic mass is 35.5. The van der Waals surface area contributed by atoms with Crippen molar-refractivity contribution in [3.05, 3.63) is 138 Å². The second kappa shape index (κ2) is 23.6. The maximum absolute atomic E-state index is 13.0. The number of aliphatic hydroxyl groups excluding tert-OH is 1. The molecule has 0 radical (unpaired) electrons. The van der Waals surface area contributed by atoms with Crippen molar-refractivity contribution in [3.8, 4) is 22.5 Å². The van der Waals surface area contributed by atoms with Crippen molar-refractivity contribution >= 4 is 64.4 Å². The molecule has 16 heteroatoms. The van der Waals surface area contributed by atoms with Gasteiger partial charge in [0.1, 0.15) is 0 Å². The van der Waals surface area contributed by atoms with Gasteiger partial charge in [0, 0.05) is 121 Å². The van der Waals surface area contributed by atoms with Crippen molar-refractivity contribution in [1.82, 2.24) is 39.5 Å². The molecule has 68 heavy (non-hydrogen) atoms. The number of amides is 3. The monoisotopic (exact) mass is 952 g/mol. The molecule has 3 aliphatic heterocycles. The standard InChI is InChI=1S/C26H28ClN5O.C26H29N5O3S/c27-21-7-3-19(4-8-21)24-11-14-28-26(30-24)29-22-9-5-20(6-10-22)25(33)32-17-12-23(13-18-32)31-15-1-2-16-31;1-19(33)30-13-15-31(16-14-30)25(34)21-3-7-22(8-4-21)28-26-27-12-11-24(29-26)20-5-9-23(10-6-20)35-18-2-17-32/h3-11,14,23H,1-2,12-13,15-18H2,(H,28,29,30);3-12,32H,2,13-18H2,1H3,(H,27,28,29). The normalized spacial score (nSPS) is 15.4. The average molecular weight is 954 g/mol. The number of nitrogens with one attached hydrogen (secondary N) is 2. The van der Waals surface area contributed by atoms with E-state index in [0.29, 0.717) is 54.7 Å². The smallest absolute Gasteiger partial charge is 0.253 e. The molecule has 0 aliphatic carbocycles. The molecule has 5 heterocycles. The molecule has 6 aromatic rings. The molecular formula is C52H57ClN10O4S. The summed E-state index contributed by atoms with van der Waals surface area (Å²) in [5, 5.41) is 16.0. The fourth-order valence-corrected chi connectivity index (χ4v) is 9.50. The highest BCUT2D eigenvalue weighted by molar-refractivity contribution is 7.99. The first kappa shape index (κ1) is 48.1. The van der Waals surface area contributed by atoms with E-state index >= 15 is 0 Å². The van der Waals surface area contributed by atoms with Crippen LogP contribution in [-0.2, 0) is 4.79 Å². The van der Waals surface area contributed by atoms with Gasteiger partial charge in [-0.25, -0.2) is 19.9 Å². The summed E-state index contributed by atoms with van der Waals surface area (Å²) in [6.07, 6.45) is 9.00. The molecule has 3 N–H and O–H groups in total. The number of benzene rings is 4. The summed E-state index contributed by atoms with van der Waals surface area (Å²) in [6.45, 7) is 8.11. The van der Waals surface area contributed by atoms with Gasteiger partial charge < -0.3 is 35.3 Å². The summed E-state index contributed by atoms with van der Waals surface area (Å²) >= 11 is 7.70. The lowest BCUT2D eigenvalue weighted by Gasteiger charge is -2.36. The summed E-state index contributed by atoms with van der Waals surface area (Å²) < 4.78 is 0. The van der Waals surface area contributed by atoms with Gasteiger partial charge in [0.15, 0.2) is 0 Å². The zero-order valence-electron chi connectivity index (χ0n) is 38.3. The number of hydrogen-bond donors (Lipinski definition) is 3. The molecule has 0 atom stereocenters. The van der Waals surface area contributed by atoms with Crippen LogP contribution in [0.2, 0.25) is 5.02 Å². The fraction of sp³-hybridized carbons (Fsp3) is 0.327. The molecule has 352 valence electrons. The number of carbonyl (C=O) groups is 3. The van der Waals surface area contributed by atoms with Crippen LogP contribution in [0, 0.1) is 0 Å². The Morgan fingerprint density at radius 2 is 1.09 bits per heavy atom. The van der Waals surface area contributed by atoms with Gasteiger partial charge in [0.2, 0.25) is 17.8 Å². The Labute approximate surface area is 407 Å². The largest absolute Gasteiger partial charge is 0.396 e. The summed E-state index contributed by atoms with van der Waals surface area (Å²) in [7, 11) is 0. The van der Waals surface area contributed by atoms with E-state index in [1.165, 1.54) is 25.9 Å². The van der Waals surface area contributed by atoms with E-state index in [2.05, 4.69) is 47.6 Å². The van der Waals surface area contributed by atoms with Gasteiger partial charge in [-0.1, -0.05) is 35.9 Å². The minimum atomic E-state index is -0.0315. The fourth-order valence-electron chi connectivity index (χ4n) is 8.54. The predicted molar refractivity (Wildman–Crippen MR) is 270 cm³/mol. The van der Waals surface area contributed by atoms with Crippen molar-refractivity contribution < 1.29 is 19.5 Å². The molecular weight excluding hydrogens is 896 g/mol. The topological polar surface area (TPSA) is 160 Å². The predicted octanol–water partition coefficient (Wildman–Crippen LogP) is 8.91. The van der Waals surface area contributed by atoms with Crippen LogP contribution < -0.4 is 10.6 Å². The number of nitrogens with zero attached hydrogens (tertiary/aromatic N) is 8. The maximum atomic E-state index is 13.0. The van der Waals surface area contributed by atoms with E-state index in [1.54, 1.807) is 53.0 Å². The lowest BCUT2D eigenvalue weighted by molar-refractivity contribution is -0.130. The van der Waals surface area contributed by atoms with Gasteiger partial charge in [-0.05, 0) is 130 Å². The van der Waals surface area contributed by atoms with Crippen molar-refractivity contribution in [2.75, 3.05) is 75.4 Å². The number of piperazine rings is 1. The minimum absolute atomic E-state index is 0.0315. The lowest BCUT2D eigenvalue weighted by Crippen LogP contribution is -2.50. The number of rotatable bonds is 13. The SMILES string of the molecule is CC(=O)N1CCN(C(=O)c2ccc(Nc3nccc(-c4ccc(SCCCO)cc4)n3)cc2)CC1.O=C(c1ccc(Nc2nccc(-c3ccc(Cl)cc3)n2)cc1)N1CCC(N2CCCC2)CC1. The van der Waals surface area contributed by atoms with Crippen molar-refractivity contribution in [3.63, 3.8) is 0 Å². The van der Waals surface area contributed by atoms with Crippen LogP contribution in [0.25, 0.3) is 22.5 Å². The molecule has 9 rings (SSSR count). The van der Waals surface area contributed by atoms with Crippen LogP contribution >= 0.6 is 23.4 Å². The molecule has 14 nitrogen and oxygen atoms in total. The van der Waals surface area contributed by atoms with Crippen LogP contribution in [0.3, 0.4) is 0 Å². The number of aliphatic hydroxyl groups is 1. The lowest BCUT2D eigenvalue weighted by atomic mass is 10.0. The van der Waals surface area contributed by atoms with Crippen molar-refractivity contribution in [2.45, 2.75) is 50.0 Å². The second-order valence-electron chi connectivity index (χ2n) is 17.0. The number of carbonyl (C=O) groups excluding carboxylic acids is 3. The zero-order valence-corrected chi connectivity index (χ0v) is 39.8. The Kier molecular flexibility index (Phi) is 16.7. The molecule has 0 unspecified atom stereocenters. The van der Waals surface area contributed by atoms with E-state index in [9.17, 15) is 14.4 Å². The molecule has 2 aromatic heterocycles. The number of likely N-dealkylation sites (tertiary alicyclic amines) is 2. The van der Waals surface area contributed by atoms with Crippen LogP contribution in [0.1, 0.15) is 59.7 Å². The maximum Gasteiger partial charge on any atom is 0.253 e. The van der Waals surface area contributed by atoms with Gasteiger partial charge in [-0.3, -0.25) is 14.4 Å². The van der Waals surface area contributed by atoms with Gasteiger partial charge >= 0.3 is 0 Å². The minimum Gasteiger partial charge on any atom is -0.396 e. The summed E-state index contributed by atoms with van der Waals surface area (Å²) in [6, 6.07) is 34.9. The number of thioether (sulfide) groups is 1. The number of halogens is 1. The van der Waals surface area contributed by atoms with Crippen molar-refractivity contribution in [2.24, 2.45) is 0 Å². The molecule has 3 aliphatic rings. The van der Waals surface area contributed by atoms with E-state index in [1.807, 2.05) is 89.8 Å². The van der Waals surface area contributed by atoms with E-state index in [-0.39, 0.29) is 24.3 Å². The Bertz CT molecular complexity index is 2600. The van der Waals surface area contributed by atoms with Gasteiger partial charge in [0.25, 0.3) is 11.8 Å². The highest BCUT2D eigenvalue weighted by Crippen LogP contribution is 2.27. The highest BCUT2D eigenvalue weighted by Gasteiger charge is 2.29. The van der Waals surface area contributed by atoms with Gasteiger partial charge in [-0.2, -0.15) is 0 Å². The third-order valence-electron chi connectivity index (χ3n) is 12.4. The van der Waals surface area contributed by atoms with Crippen LogP contribution in [-0.4, -0.2) is 133 Å². The quantitative estimate of drug-likeness (QED) is 0.0747. The molecule has 3 amide bonds. The van der Waals surface area contributed by atoms with Gasteiger partial charge in [0.05, 0.1) is 11.4 Å². The molecule has 3 saturated heterocycles. The first-order chi connectivity index (χ1) is 33.2. The molecule has 0 spiro atoms. The second-order valence-corrected chi connectivity index (χ2v) is 18.6. The Morgan fingerprint density at radius 1 is 0.618 bits per heavy atom. The third-order valence-corrected chi connectivity index (χ3v) is 13.7. The van der Waals surface area contributed by atoms with Crippen LogP contribution in [0.5, 0.6) is 0 Å². The third kappa shape index (κ3) is 13.0. The van der Waals surface area contributed by atoms with Crippen LogP contribution in [0.15, 0.2) is 126 Å². The Morgan fingerprint density at radius 3 is 1.57 bits per heavy atom. The van der Waals surface area contributed by atoms with E-state index in [0.717, 1.165) is 82.5 Å². The summed E-state index contributed by atoms with van der Waals surface area (Å²) in [5.41, 5.74) is 6.55. The van der Waals surface area contributed by atoms with Crippen LogP contribution in [0.4, 0.5) is 23.3 Å². The Hall–Kier alpha value is -6.39. The molecule has 0 saturated carbocycles. The number of hydrogen-bond acceptors (Lipinski definition) is 12. The zero-order chi connectivity index (χ0) is 47.2. The summed E-state index contributed by atoms with van der Waals surface area (Å²) in [5.74, 6) is 1.99. The number of anilines is 4. The first-order valence-corrected chi connectivity index (χ1v) is 24.6. The summed E-state index contributed by atoms with van der Waals surface area (Å²) in [4.78, 5) is 64.4. The van der Waals surface area contributed by atoms with Crippen molar-refractivity contribution in [1.29, 1.82) is 0 Å². The molecule has 3 fully saturated rings. The number of piperidine rings is 1. The molecule has 4 aromatic carbocycles. The van der Waals surface area contributed by atoms with E-state index in [4.69, 9.17) is 16.7 Å². The van der Waals surface area contributed by atoms with Gasteiger partial charge in [-0.15, -0.1) is 11.8 Å². The molecule has 0 bridgehead atoms.